The van der Waals surface area contributed by atoms with Crippen LogP contribution in [0, 0.1) is 0 Å². The van der Waals surface area contributed by atoms with Crippen LogP contribution in [0.1, 0.15) is 31.6 Å². The molecule has 1 atom stereocenters. The Morgan fingerprint density at radius 3 is 2.90 bits per heavy atom. The third-order valence-corrected chi connectivity index (χ3v) is 3.41. The first-order valence-corrected chi connectivity index (χ1v) is 7.02. The summed E-state index contributed by atoms with van der Waals surface area (Å²) in [6.07, 6.45) is 1.16. The number of carbonyl (C=O) groups is 1. The number of rotatable bonds is 7. The molecule has 21 heavy (non-hydrogen) atoms. The molecule has 0 aliphatic rings. The van der Waals surface area contributed by atoms with Gasteiger partial charge in [0.2, 0.25) is 0 Å². The number of carbonyl (C=O) groups excluding carboxylic acids is 1. The molecule has 0 fully saturated rings. The summed E-state index contributed by atoms with van der Waals surface area (Å²) in [5, 5.41) is 4.36. The van der Waals surface area contributed by atoms with Gasteiger partial charge in [-0.3, -0.25) is 4.79 Å². The highest BCUT2D eigenvalue weighted by molar-refractivity contribution is 5.83. The van der Waals surface area contributed by atoms with Crippen LogP contribution in [0.25, 0.3) is 11.0 Å². The van der Waals surface area contributed by atoms with Crippen molar-refractivity contribution in [2.45, 2.75) is 25.8 Å². The molecule has 1 aromatic carbocycles. The van der Waals surface area contributed by atoms with Crippen molar-refractivity contribution in [2.75, 3.05) is 20.8 Å². The maximum atomic E-state index is 11.0. The molecule has 5 heteroatoms. The molecule has 5 nitrogen and oxygen atoms in total. The van der Waals surface area contributed by atoms with Gasteiger partial charge >= 0.3 is 5.97 Å². The minimum absolute atomic E-state index is 0.0692. The van der Waals surface area contributed by atoms with E-state index in [-0.39, 0.29) is 12.0 Å². The second-order valence-corrected chi connectivity index (χ2v) is 4.88. The largest absolute Gasteiger partial charge is 0.493 e. The average Bonchev–Trinajstić information content (AvgIpc) is 2.95. The summed E-state index contributed by atoms with van der Waals surface area (Å²) >= 11 is 0. The van der Waals surface area contributed by atoms with Gasteiger partial charge in [0.15, 0.2) is 11.3 Å². The number of hydrogen-bond donors (Lipinski definition) is 1. The van der Waals surface area contributed by atoms with E-state index < -0.39 is 0 Å². The van der Waals surface area contributed by atoms with Gasteiger partial charge in [-0.2, -0.15) is 0 Å². The normalized spacial score (nSPS) is 12.3. The Hall–Kier alpha value is -2.01. The summed E-state index contributed by atoms with van der Waals surface area (Å²) in [7, 11) is 3.03. The van der Waals surface area contributed by atoms with Crippen LogP contribution in [0.3, 0.4) is 0 Å². The minimum Gasteiger partial charge on any atom is -0.493 e. The fraction of sp³-hybridized carbons (Fsp3) is 0.438. The lowest BCUT2D eigenvalue weighted by atomic mass is 10.2. The van der Waals surface area contributed by atoms with Crippen molar-refractivity contribution in [3.63, 3.8) is 0 Å². The first-order valence-electron chi connectivity index (χ1n) is 7.02. The minimum atomic E-state index is -0.182. The zero-order valence-corrected chi connectivity index (χ0v) is 12.6. The third-order valence-electron chi connectivity index (χ3n) is 3.41. The molecule has 114 valence electrons. The molecule has 0 aliphatic heterocycles. The summed E-state index contributed by atoms with van der Waals surface area (Å²) in [4.78, 5) is 11.0. The topological polar surface area (TPSA) is 60.7 Å². The predicted molar refractivity (Wildman–Crippen MR) is 80.4 cm³/mol. The lowest BCUT2D eigenvalue weighted by molar-refractivity contribution is -0.140. The summed E-state index contributed by atoms with van der Waals surface area (Å²) in [5.41, 5.74) is 0.762. The molecule has 2 aromatic rings. The lowest BCUT2D eigenvalue weighted by Gasteiger charge is -2.10. The molecule has 0 saturated heterocycles. The number of ether oxygens (including phenoxy) is 2. The van der Waals surface area contributed by atoms with Crippen LogP contribution < -0.4 is 10.1 Å². The number of nitrogens with one attached hydrogen (secondary N) is 1. The van der Waals surface area contributed by atoms with Crippen molar-refractivity contribution in [1.29, 1.82) is 0 Å². The SMILES string of the molecule is COC(=O)CCCNC(C)c1cc2cccc(OC)c2o1. The molecule has 1 N–H and O–H groups in total. The molecular weight excluding hydrogens is 270 g/mol. The summed E-state index contributed by atoms with van der Waals surface area (Å²) in [6, 6.07) is 7.89. The van der Waals surface area contributed by atoms with Crippen molar-refractivity contribution < 1.29 is 18.7 Å². The molecule has 0 bridgehead atoms. The summed E-state index contributed by atoms with van der Waals surface area (Å²) in [6.45, 7) is 2.76. The Bertz CT molecular complexity index is 605. The Balaban J connectivity index is 1.96. The van der Waals surface area contributed by atoms with E-state index >= 15 is 0 Å². The monoisotopic (exact) mass is 291 g/mol. The molecule has 0 spiro atoms. The fourth-order valence-corrected chi connectivity index (χ4v) is 2.18. The predicted octanol–water partition coefficient (Wildman–Crippen LogP) is 3.05. The van der Waals surface area contributed by atoms with E-state index in [1.807, 2.05) is 31.2 Å². The number of hydrogen-bond acceptors (Lipinski definition) is 5. The molecule has 0 amide bonds. The van der Waals surface area contributed by atoms with E-state index in [2.05, 4.69) is 10.1 Å². The van der Waals surface area contributed by atoms with Crippen LogP contribution in [0.4, 0.5) is 0 Å². The Morgan fingerprint density at radius 2 is 2.19 bits per heavy atom. The molecule has 0 radical (unpaired) electrons. The van der Waals surface area contributed by atoms with Crippen molar-refractivity contribution >= 4 is 16.9 Å². The van der Waals surface area contributed by atoms with Gasteiger partial charge in [0.1, 0.15) is 5.76 Å². The van der Waals surface area contributed by atoms with Crippen LogP contribution >= 0.6 is 0 Å². The van der Waals surface area contributed by atoms with Crippen LogP contribution in [-0.4, -0.2) is 26.7 Å². The number of fused-ring (bicyclic) bond motifs is 1. The van der Waals surface area contributed by atoms with Gasteiger partial charge < -0.3 is 19.2 Å². The highest BCUT2D eigenvalue weighted by Crippen LogP contribution is 2.30. The fourth-order valence-electron chi connectivity index (χ4n) is 2.18. The van der Waals surface area contributed by atoms with E-state index in [1.54, 1.807) is 7.11 Å². The number of benzene rings is 1. The van der Waals surface area contributed by atoms with E-state index in [9.17, 15) is 4.79 Å². The Labute approximate surface area is 124 Å². The van der Waals surface area contributed by atoms with Crippen LogP contribution in [0.5, 0.6) is 5.75 Å². The van der Waals surface area contributed by atoms with Gasteiger partial charge in [-0.05, 0) is 32.0 Å². The highest BCUT2D eigenvalue weighted by atomic mass is 16.5. The maximum Gasteiger partial charge on any atom is 0.305 e. The lowest BCUT2D eigenvalue weighted by Crippen LogP contribution is -2.20. The van der Waals surface area contributed by atoms with Gasteiger partial charge in [-0.15, -0.1) is 0 Å². The van der Waals surface area contributed by atoms with Crippen LogP contribution in [0.2, 0.25) is 0 Å². The molecule has 0 aliphatic carbocycles. The molecule has 0 saturated carbocycles. The van der Waals surface area contributed by atoms with Crippen molar-refractivity contribution in [1.82, 2.24) is 5.32 Å². The Kier molecular flexibility index (Phi) is 5.22. The molecule has 1 heterocycles. The number of methoxy groups -OCH3 is 2. The summed E-state index contributed by atoms with van der Waals surface area (Å²) in [5.74, 6) is 1.40. The number of esters is 1. The van der Waals surface area contributed by atoms with E-state index in [1.165, 1.54) is 7.11 Å². The van der Waals surface area contributed by atoms with Gasteiger partial charge in [-0.1, -0.05) is 12.1 Å². The number of furan rings is 1. The third kappa shape index (κ3) is 3.76. The molecular formula is C16H21NO4. The smallest absolute Gasteiger partial charge is 0.305 e. The van der Waals surface area contributed by atoms with Crippen LogP contribution in [-0.2, 0) is 9.53 Å². The van der Waals surface area contributed by atoms with Gasteiger partial charge in [0.25, 0.3) is 0 Å². The second kappa shape index (κ2) is 7.13. The maximum absolute atomic E-state index is 11.0. The van der Waals surface area contributed by atoms with Crippen molar-refractivity contribution in [2.24, 2.45) is 0 Å². The second-order valence-electron chi connectivity index (χ2n) is 4.88. The zero-order valence-electron chi connectivity index (χ0n) is 12.6. The zero-order chi connectivity index (χ0) is 15.2. The number of para-hydroxylation sites is 1. The van der Waals surface area contributed by atoms with E-state index in [0.717, 1.165) is 35.4 Å². The van der Waals surface area contributed by atoms with Crippen LogP contribution in [0.15, 0.2) is 28.7 Å². The molecule has 2 rings (SSSR count). The van der Waals surface area contributed by atoms with Crippen molar-refractivity contribution in [3.8, 4) is 5.75 Å². The van der Waals surface area contributed by atoms with Crippen molar-refractivity contribution in [3.05, 3.63) is 30.0 Å². The first-order chi connectivity index (χ1) is 10.2. The van der Waals surface area contributed by atoms with Gasteiger partial charge in [-0.25, -0.2) is 0 Å². The molecule has 1 unspecified atom stereocenters. The van der Waals surface area contributed by atoms with E-state index in [4.69, 9.17) is 9.15 Å². The summed E-state index contributed by atoms with van der Waals surface area (Å²) < 4.78 is 15.8. The average molecular weight is 291 g/mol. The standard InChI is InChI=1S/C16H21NO4/c1-11(17-9-5-8-15(18)20-3)14-10-12-6-4-7-13(19-2)16(12)21-14/h4,6-7,10-11,17H,5,8-9H2,1-3H3. The van der Waals surface area contributed by atoms with E-state index in [0.29, 0.717) is 6.42 Å². The quantitative estimate of drug-likeness (QED) is 0.627. The molecule has 1 aromatic heterocycles. The first kappa shape index (κ1) is 15.4. The van der Waals surface area contributed by atoms with Gasteiger partial charge in [0, 0.05) is 11.8 Å². The Morgan fingerprint density at radius 1 is 1.38 bits per heavy atom. The van der Waals surface area contributed by atoms with Gasteiger partial charge in [0.05, 0.1) is 20.3 Å². The highest BCUT2D eigenvalue weighted by Gasteiger charge is 2.13.